The number of anilines is 1. The van der Waals surface area contributed by atoms with Crippen LogP contribution >= 0.6 is 15.9 Å². The SMILES string of the molecule is CCCOc1cccc(CNc2cc(Br)ccc2C)c1. The lowest BCUT2D eigenvalue weighted by molar-refractivity contribution is 0.317. The van der Waals surface area contributed by atoms with Crippen LogP contribution in [0.3, 0.4) is 0 Å². The van der Waals surface area contributed by atoms with Crippen molar-refractivity contribution in [3.8, 4) is 5.75 Å². The van der Waals surface area contributed by atoms with E-state index >= 15 is 0 Å². The number of hydrogen-bond acceptors (Lipinski definition) is 2. The summed E-state index contributed by atoms with van der Waals surface area (Å²) in [5.41, 5.74) is 3.61. The van der Waals surface area contributed by atoms with Crippen molar-refractivity contribution in [3.63, 3.8) is 0 Å². The van der Waals surface area contributed by atoms with E-state index in [2.05, 4.69) is 65.4 Å². The number of nitrogens with one attached hydrogen (secondary N) is 1. The second-order valence-electron chi connectivity index (χ2n) is 4.81. The second-order valence-corrected chi connectivity index (χ2v) is 5.72. The van der Waals surface area contributed by atoms with Crippen LogP contribution in [-0.2, 0) is 6.54 Å². The summed E-state index contributed by atoms with van der Waals surface area (Å²) < 4.78 is 6.74. The Morgan fingerprint density at radius 2 is 2.00 bits per heavy atom. The van der Waals surface area contributed by atoms with E-state index in [-0.39, 0.29) is 0 Å². The topological polar surface area (TPSA) is 21.3 Å². The molecule has 2 rings (SSSR count). The Bertz CT molecular complexity index is 569. The number of hydrogen-bond donors (Lipinski definition) is 1. The van der Waals surface area contributed by atoms with E-state index in [0.29, 0.717) is 0 Å². The molecule has 2 nitrogen and oxygen atoms in total. The number of rotatable bonds is 6. The van der Waals surface area contributed by atoms with Crippen molar-refractivity contribution in [1.82, 2.24) is 0 Å². The third kappa shape index (κ3) is 4.27. The summed E-state index contributed by atoms with van der Waals surface area (Å²) >= 11 is 3.50. The molecule has 0 saturated heterocycles. The van der Waals surface area contributed by atoms with E-state index in [1.54, 1.807) is 0 Å². The van der Waals surface area contributed by atoms with Crippen molar-refractivity contribution >= 4 is 21.6 Å². The van der Waals surface area contributed by atoms with Crippen LogP contribution in [-0.4, -0.2) is 6.61 Å². The Morgan fingerprint density at radius 3 is 2.80 bits per heavy atom. The highest BCUT2D eigenvalue weighted by Crippen LogP contribution is 2.22. The largest absolute Gasteiger partial charge is 0.494 e. The summed E-state index contributed by atoms with van der Waals surface area (Å²) in [4.78, 5) is 0. The summed E-state index contributed by atoms with van der Waals surface area (Å²) in [6.07, 6.45) is 1.03. The molecule has 20 heavy (non-hydrogen) atoms. The lowest BCUT2D eigenvalue weighted by atomic mass is 10.1. The first kappa shape index (κ1) is 14.9. The lowest BCUT2D eigenvalue weighted by Crippen LogP contribution is -2.02. The number of benzene rings is 2. The average molecular weight is 334 g/mol. The van der Waals surface area contributed by atoms with Crippen molar-refractivity contribution in [1.29, 1.82) is 0 Å². The van der Waals surface area contributed by atoms with Gasteiger partial charge in [0.2, 0.25) is 0 Å². The lowest BCUT2D eigenvalue weighted by Gasteiger charge is -2.11. The monoisotopic (exact) mass is 333 g/mol. The van der Waals surface area contributed by atoms with Gasteiger partial charge in [0.25, 0.3) is 0 Å². The van der Waals surface area contributed by atoms with Gasteiger partial charge < -0.3 is 10.1 Å². The van der Waals surface area contributed by atoms with Crippen molar-refractivity contribution in [2.75, 3.05) is 11.9 Å². The minimum atomic E-state index is 0.765. The second kappa shape index (κ2) is 7.34. The predicted octanol–water partition coefficient (Wildman–Crippen LogP) is 5.16. The van der Waals surface area contributed by atoms with Gasteiger partial charge in [-0.25, -0.2) is 0 Å². The highest BCUT2D eigenvalue weighted by atomic mass is 79.9. The third-order valence-corrected chi connectivity index (χ3v) is 3.55. The Morgan fingerprint density at radius 1 is 1.15 bits per heavy atom. The maximum atomic E-state index is 5.66. The molecule has 0 radical (unpaired) electrons. The zero-order valence-corrected chi connectivity index (χ0v) is 13.5. The molecule has 3 heteroatoms. The molecule has 0 unspecified atom stereocenters. The minimum Gasteiger partial charge on any atom is -0.494 e. The van der Waals surface area contributed by atoms with E-state index < -0.39 is 0 Å². The zero-order chi connectivity index (χ0) is 14.4. The summed E-state index contributed by atoms with van der Waals surface area (Å²) in [5, 5.41) is 3.47. The maximum absolute atomic E-state index is 5.66. The van der Waals surface area contributed by atoms with Gasteiger partial charge in [0.1, 0.15) is 5.75 Å². The molecular weight excluding hydrogens is 314 g/mol. The van der Waals surface area contributed by atoms with Gasteiger partial charge in [-0.05, 0) is 48.7 Å². The van der Waals surface area contributed by atoms with Gasteiger partial charge in [-0.2, -0.15) is 0 Å². The Balaban J connectivity index is 2.01. The van der Waals surface area contributed by atoms with Gasteiger partial charge in [0.15, 0.2) is 0 Å². The van der Waals surface area contributed by atoms with Crippen molar-refractivity contribution in [3.05, 3.63) is 58.1 Å². The fourth-order valence-corrected chi connectivity index (χ4v) is 2.31. The zero-order valence-electron chi connectivity index (χ0n) is 11.9. The molecule has 0 aliphatic heterocycles. The van der Waals surface area contributed by atoms with Gasteiger partial charge >= 0.3 is 0 Å². The molecule has 106 valence electrons. The molecule has 0 bridgehead atoms. The molecule has 0 aliphatic rings. The van der Waals surface area contributed by atoms with Crippen molar-refractivity contribution in [2.24, 2.45) is 0 Å². The fraction of sp³-hybridized carbons (Fsp3) is 0.294. The van der Waals surface area contributed by atoms with Crippen LogP contribution in [0.5, 0.6) is 5.75 Å². The van der Waals surface area contributed by atoms with Crippen LogP contribution in [0.15, 0.2) is 46.9 Å². The molecule has 2 aromatic carbocycles. The first-order valence-electron chi connectivity index (χ1n) is 6.91. The van der Waals surface area contributed by atoms with Crippen LogP contribution < -0.4 is 10.1 Å². The average Bonchev–Trinajstić information content (AvgIpc) is 2.46. The smallest absolute Gasteiger partial charge is 0.119 e. The number of ether oxygens (including phenoxy) is 1. The summed E-state index contributed by atoms with van der Waals surface area (Å²) in [5.74, 6) is 0.942. The van der Waals surface area contributed by atoms with Gasteiger partial charge in [-0.15, -0.1) is 0 Å². The quantitative estimate of drug-likeness (QED) is 0.788. The molecule has 0 aliphatic carbocycles. The summed E-state index contributed by atoms with van der Waals surface area (Å²) in [6.45, 7) is 5.78. The number of halogens is 1. The van der Waals surface area contributed by atoms with Gasteiger partial charge in [0, 0.05) is 16.7 Å². The van der Waals surface area contributed by atoms with Crippen molar-refractivity contribution < 1.29 is 4.74 Å². The fourth-order valence-electron chi connectivity index (χ4n) is 1.95. The maximum Gasteiger partial charge on any atom is 0.119 e. The molecule has 2 aromatic rings. The molecule has 0 amide bonds. The van der Waals surface area contributed by atoms with Crippen molar-refractivity contribution in [2.45, 2.75) is 26.8 Å². The molecule has 1 N–H and O–H groups in total. The van der Waals surface area contributed by atoms with E-state index in [9.17, 15) is 0 Å². The first-order valence-corrected chi connectivity index (χ1v) is 7.70. The highest BCUT2D eigenvalue weighted by Gasteiger charge is 2.01. The molecule has 0 aromatic heterocycles. The summed E-state index contributed by atoms with van der Waals surface area (Å²) in [6, 6.07) is 14.5. The molecule has 0 fully saturated rings. The first-order chi connectivity index (χ1) is 9.69. The van der Waals surface area contributed by atoms with Gasteiger partial charge in [0.05, 0.1) is 6.61 Å². The number of aryl methyl sites for hydroxylation is 1. The van der Waals surface area contributed by atoms with Crippen LogP contribution in [0.25, 0.3) is 0 Å². The van der Waals surface area contributed by atoms with Crippen LogP contribution in [0.1, 0.15) is 24.5 Å². The highest BCUT2D eigenvalue weighted by molar-refractivity contribution is 9.10. The molecule has 0 spiro atoms. The normalized spacial score (nSPS) is 10.3. The van der Waals surface area contributed by atoms with E-state index in [1.165, 1.54) is 11.1 Å². The molecule has 0 saturated carbocycles. The van der Waals surface area contributed by atoms with Gasteiger partial charge in [-0.1, -0.05) is 41.1 Å². The van der Waals surface area contributed by atoms with Gasteiger partial charge in [-0.3, -0.25) is 0 Å². The van der Waals surface area contributed by atoms with Crippen LogP contribution in [0.4, 0.5) is 5.69 Å². The van der Waals surface area contributed by atoms with Crippen LogP contribution in [0.2, 0.25) is 0 Å². The molecule has 0 heterocycles. The summed E-state index contributed by atoms with van der Waals surface area (Å²) in [7, 11) is 0. The van der Waals surface area contributed by atoms with E-state index in [4.69, 9.17) is 4.74 Å². The molecular formula is C17H20BrNO. The van der Waals surface area contributed by atoms with E-state index in [0.717, 1.165) is 35.5 Å². The Kier molecular flexibility index (Phi) is 5.48. The van der Waals surface area contributed by atoms with Crippen LogP contribution in [0, 0.1) is 6.92 Å². The molecule has 0 atom stereocenters. The predicted molar refractivity (Wildman–Crippen MR) is 88.4 cm³/mol. The third-order valence-electron chi connectivity index (χ3n) is 3.05. The minimum absolute atomic E-state index is 0.765. The Labute approximate surface area is 129 Å². The standard InChI is InChI=1S/C17H20BrNO/c1-3-9-20-16-6-4-5-14(10-16)12-19-17-11-15(18)8-7-13(17)2/h4-8,10-11,19H,3,9,12H2,1-2H3. The Hall–Kier alpha value is -1.48. The van der Waals surface area contributed by atoms with E-state index in [1.807, 2.05) is 12.1 Å².